The molecule has 2 aromatic rings. The van der Waals surface area contributed by atoms with E-state index in [1.807, 2.05) is 36.1 Å². The molecule has 0 atom stereocenters. The average molecular weight is 342 g/mol. The first-order valence-electron chi connectivity index (χ1n) is 8.50. The Bertz CT molecular complexity index is 730. The fraction of sp³-hybridized carbons (Fsp3) is 0.421. The van der Waals surface area contributed by atoms with Gasteiger partial charge in [-0.15, -0.1) is 11.3 Å². The molecule has 0 radical (unpaired) electrons. The number of hydrogen-bond donors (Lipinski definition) is 1. The Balaban J connectivity index is 1.41. The summed E-state index contributed by atoms with van der Waals surface area (Å²) in [7, 11) is 0. The van der Waals surface area contributed by atoms with Crippen LogP contribution in [0.4, 0.5) is 10.5 Å². The molecule has 4 rings (SSSR count). The number of urea groups is 1. The van der Waals surface area contributed by atoms with Crippen molar-refractivity contribution in [3.8, 4) is 0 Å². The first kappa shape index (κ1) is 15.7. The predicted octanol–water partition coefficient (Wildman–Crippen LogP) is 4.15. The standard InChI is InChI=1S/C19H22N2O2S/c1-14-2-4-16(5-3-14)20-18(22)21-10-8-19(9-11-21)17-15(6-12-23-19)7-13-24-17/h2-5,7,13H,6,8-12H2,1H3,(H,20,22). The molecule has 1 N–H and O–H groups in total. The van der Waals surface area contributed by atoms with Gasteiger partial charge in [-0.2, -0.15) is 0 Å². The highest BCUT2D eigenvalue weighted by atomic mass is 32.1. The highest BCUT2D eigenvalue weighted by Crippen LogP contribution is 2.44. The second-order valence-corrected chi connectivity index (χ2v) is 7.57. The van der Waals surface area contributed by atoms with E-state index in [2.05, 4.69) is 16.8 Å². The number of rotatable bonds is 1. The van der Waals surface area contributed by atoms with Crippen LogP contribution >= 0.6 is 11.3 Å². The van der Waals surface area contributed by atoms with Crippen molar-refractivity contribution in [2.24, 2.45) is 0 Å². The molecule has 2 aliphatic rings. The van der Waals surface area contributed by atoms with Gasteiger partial charge < -0.3 is 15.0 Å². The molecule has 1 saturated heterocycles. The van der Waals surface area contributed by atoms with Crippen molar-refractivity contribution < 1.29 is 9.53 Å². The van der Waals surface area contributed by atoms with E-state index in [1.54, 1.807) is 11.3 Å². The summed E-state index contributed by atoms with van der Waals surface area (Å²) in [5, 5.41) is 5.16. The first-order chi connectivity index (χ1) is 11.7. The van der Waals surface area contributed by atoms with Gasteiger partial charge in [0, 0.05) is 23.7 Å². The molecule has 0 saturated carbocycles. The number of carbonyl (C=O) groups excluding carboxylic acids is 1. The van der Waals surface area contributed by atoms with Crippen LogP contribution in [-0.2, 0) is 16.8 Å². The molecule has 2 aliphatic heterocycles. The van der Waals surface area contributed by atoms with Gasteiger partial charge in [0.25, 0.3) is 0 Å². The zero-order valence-corrected chi connectivity index (χ0v) is 14.7. The third kappa shape index (κ3) is 2.82. The molecule has 1 spiro atoms. The van der Waals surface area contributed by atoms with Crippen molar-refractivity contribution in [1.29, 1.82) is 0 Å². The summed E-state index contributed by atoms with van der Waals surface area (Å²) in [5.41, 5.74) is 3.31. The second kappa shape index (κ2) is 6.22. The lowest BCUT2D eigenvalue weighted by Crippen LogP contribution is -2.49. The van der Waals surface area contributed by atoms with Crippen LogP contribution in [0.15, 0.2) is 35.7 Å². The zero-order chi connectivity index (χ0) is 16.6. The Morgan fingerprint density at radius 2 is 1.96 bits per heavy atom. The molecular formula is C19H22N2O2S. The van der Waals surface area contributed by atoms with Gasteiger partial charge in [0.15, 0.2) is 0 Å². The summed E-state index contributed by atoms with van der Waals surface area (Å²) in [6, 6.07) is 10.1. The lowest BCUT2D eigenvalue weighted by atomic mass is 9.85. The summed E-state index contributed by atoms with van der Waals surface area (Å²) in [6.07, 6.45) is 2.77. The fourth-order valence-electron chi connectivity index (χ4n) is 3.64. The van der Waals surface area contributed by atoms with Crippen molar-refractivity contribution in [3.05, 3.63) is 51.7 Å². The van der Waals surface area contributed by atoms with Crippen molar-refractivity contribution in [2.75, 3.05) is 25.0 Å². The van der Waals surface area contributed by atoms with Gasteiger partial charge in [-0.3, -0.25) is 0 Å². The number of piperidine rings is 1. The van der Waals surface area contributed by atoms with Crippen LogP contribution in [0.5, 0.6) is 0 Å². The number of ether oxygens (including phenoxy) is 1. The summed E-state index contributed by atoms with van der Waals surface area (Å²) >= 11 is 1.80. The number of aryl methyl sites for hydroxylation is 1. The first-order valence-corrected chi connectivity index (χ1v) is 9.38. The van der Waals surface area contributed by atoms with E-state index in [-0.39, 0.29) is 11.6 Å². The molecule has 1 aromatic heterocycles. The summed E-state index contributed by atoms with van der Waals surface area (Å²) in [5.74, 6) is 0. The molecule has 0 aliphatic carbocycles. The monoisotopic (exact) mass is 342 g/mol. The molecule has 1 fully saturated rings. The third-order valence-electron chi connectivity index (χ3n) is 5.07. The summed E-state index contributed by atoms with van der Waals surface area (Å²) in [4.78, 5) is 15.8. The van der Waals surface area contributed by atoms with Crippen molar-refractivity contribution >= 4 is 23.1 Å². The molecule has 4 nitrogen and oxygen atoms in total. The Morgan fingerprint density at radius 3 is 2.71 bits per heavy atom. The normalized spacial score (nSPS) is 19.1. The van der Waals surface area contributed by atoms with E-state index in [4.69, 9.17) is 4.74 Å². The number of thiophene rings is 1. The van der Waals surface area contributed by atoms with Crippen LogP contribution in [-0.4, -0.2) is 30.6 Å². The van der Waals surface area contributed by atoms with Crippen molar-refractivity contribution in [2.45, 2.75) is 31.8 Å². The van der Waals surface area contributed by atoms with E-state index in [0.29, 0.717) is 0 Å². The molecule has 5 heteroatoms. The number of anilines is 1. The van der Waals surface area contributed by atoms with Gasteiger partial charge in [0.1, 0.15) is 5.60 Å². The maximum atomic E-state index is 12.5. The van der Waals surface area contributed by atoms with Crippen LogP contribution in [0, 0.1) is 6.92 Å². The minimum absolute atomic E-state index is 0.0177. The van der Waals surface area contributed by atoms with Gasteiger partial charge in [-0.05, 0) is 55.3 Å². The maximum Gasteiger partial charge on any atom is 0.321 e. The Kier molecular flexibility index (Phi) is 4.06. The molecule has 1 aromatic carbocycles. The topological polar surface area (TPSA) is 41.6 Å². The van der Waals surface area contributed by atoms with Crippen molar-refractivity contribution in [1.82, 2.24) is 4.90 Å². The molecule has 24 heavy (non-hydrogen) atoms. The number of fused-ring (bicyclic) bond motifs is 2. The van der Waals surface area contributed by atoms with Gasteiger partial charge in [-0.1, -0.05) is 17.7 Å². The number of benzene rings is 1. The smallest absolute Gasteiger partial charge is 0.321 e. The Hall–Kier alpha value is -1.85. The second-order valence-electron chi connectivity index (χ2n) is 6.65. The van der Waals surface area contributed by atoms with Gasteiger partial charge in [-0.25, -0.2) is 4.79 Å². The van der Waals surface area contributed by atoms with E-state index in [0.717, 1.165) is 44.6 Å². The predicted molar refractivity (Wildman–Crippen MR) is 96.7 cm³/mol. The average Bonchev–Trinajstić information content (AvgIpc) is 3.08. The fourth-order valence-corrected chi connectivity index (χ4v) is 4.80. The van der Waals surface area contributed by atoms with Gasteiger partial charge in [0.2, 0.25) is 0 Å². The lowest BCUT2D eigenvalue weighted by molar-refractivity contribution is -0.0891. The molecule has 0 unspecified atom stereocenters. The lowest BCUT2D eigenvalue weighted by Gasteiger charge is -2.43. The molecule has 2 amide bonds. The number of nitrogens with one attached hydrogen (secondary N) is 1. The van der Waals surface area contributed by atoms with Gasteiger partial charge >= 0.3 is 6.03 Å². The quantitative estimate of drug-likeness (QED) is 0.846. The molecular weight excluding hydrogens is 320 g/mol. The Morgan fingerprint density at radius 1 is 1.21 bits per heavy atom. The number of amides is 2. The Labute approximate surface area is 146 Å². The van der Waals surface area contributed by atoms with Crippen LogP contribution in [0.3, 0.4) is 0 Å². The van der Waals surface area contributed by atoms with E-state index in [9.17, 15) is 4.79 Å². The van der Waals surface area contributed by atoms with E-state index >= 15 is 0 Å². The van der Waals surface area contributed by atoms with Crippen LogP contribution in [0.25, 0.3) is 0 Å². The number of likely N-dealkylation sites (tertiary alicyclic amines) is 1. The highest BCUT2D eigenvalue weighted by Gasteiger charge is 2.42. The minimum atomic E-state index is -0.164. The number of hydrogen-bond acceptors (Lipinski definition) is 3. The third-order valence-corrected chi connectivity index (χ3v) is 6.21. The van der Waals surface area contributed by atoms with Crippen LogP contribution in [0.1, 0.15) is 28.8 Å². The zero-order valence-electron chi connectivity index (χ0n) is 13.9. The van der Waals surface area contributed by atoms with Crippen LogP contribution < -0.4 is 5.32 Å². The van der Waals surface area contributed by atoms with Gasteiger partial charge in [0.05, 0.1) is 6.61 Å². The van der Waals surface area contributed by atoms with E-state index < -0.39 is 0 Å². The molecule has 0 bridgehead atoms. The largest absolute Gasteiger partial charge is 0.369 e. The number of carbonyl (C=O) groups is 1. The molecule has 3 heterocycles. The highest BCUT2D eigenvalue weighted by molar-refractivity contribution is 7.10. The van der Waals surface area contributed by atoms with Crippen molar-refractivity contribution in [3.63, 3.8) is 0 Å². The summed E-state index contributed by atoms with van der Waals surface area (Å²) < 4.78 is 6.20. The van der Waals surface area contributed by atoms with Crippen LogP contribution in [0.2, 0.25) is 0 Å². The minimum Gasteiger partial charge on any atom is -0.369 e. The SMILES string of the molecule is Cc1ccc(NC(=O)N2CCC3(CC2)OCCc2ccsc23)cc1. The summed E-state index contributed by atoms with van der Waals surface area (Å²) in [6.45, 7) is 4.29. The number of nitrogens with zero attached hydrogens (tertiary/aromatic N) is 1. The maximum absolute atomic E-state index is 12.5. The molecule has 126 valence electrons. The van der Waals surface area contributed by atoms with E-state index in [1.165, 1.54) is 16.0 Å².